The van der Waals surface area contributed by atoms with Gasteiger partial charge in [0.1, 0.15) is 0 Å². The summed E-state index contributed by atoms with van der Waals surface area (Å²) in [7, 11) is 3.32. The maximum absolute atomic E-state index is 12.1. The molecular formula is C14H17N3O2S. The molecule has 0 unspecified atom stereocenters. The lowest BCUT2D eigenvalue weighted by molar-refractivity contribution is 0.221. The predicted molar refractivity (Wildman–Crippen MR) is 80.3 cm³/mol. The van der Waals surface area contributed by atoms with Crippen molar-refractivity contribution in [2.45, 2.75) is 13.5 Å². The predicted octanol–water partition coefficient (Wildman–Crippen LogP) is 3.12. The molecule has 1 N–H and O–H groups in total. The van der Waals surface area contributed by atoms with Crippen molar-refractivity contribution >= 4 is 23.1 Å². The highest BCUT2D eigenvalue weighted by atomic mass is 32.1. The number of ether oxygens (including phenoxy) is 1. The number of rotatable bonds is 4. The van der Waals surface area contributed by atoms with Crippen LogP contribution >= 0.6 is 11.3 Å². The van der Waals surface area contributed by atoms with Crippen molar-refractivity contribution in [3.05, 3.63) is 40.2 Å². The fraction of sp³-hybridized carbons (Fsp3) is 0.286. The largest absolute Gasteiger partial charge is 0.481 e. The molecule has 6 heteroatoms. The van der Waals surface area contributed by atoms with Crippen LogP contribution in [0.3, 0.4) is 0 Å². The number of carbonyl (C=O) groups excluding carboxylic acids is 1. The topological polar surface area (TPSA) is 54.5 Å². The van der Waals surface area contributed by atoms with Crippen LogP contribution in [0.1, 0.15) is 10.4 Å². The molecule has 0 atom stereocenters. The van der Waals surface area contributed by atoms with E-state index < -0.39 is 0 Å². The average molecular weight is 291 g/mol. The van der Waals surface area contributed by atoms with Gasteiger partial charge in [-0.1, -0.05) is 0 Å². The van der Waals surface area contributed by atoms with Crippen LogP contribution in [-0.2, 0) is 6.54 Å². The van der Waals surface area contributed by atoms with E-state index >= 15 is 0 Å². The summed E-state index contributed by atoms with van der Waals surface area (Å²) in [6, 6.07) is 5.36. The van der Waals surface area contributed by atoms with Crippen LogP contribution in [-0.4, -0.2) is 30.1 Å². The van der Waals surface area contributed by atoms with Crippen molar-refractivity contribution in [3.8, 4) is 5.88 Å². The molecule has 2 rings (SSSR count). The SMILES string of the molecule is COc1ccc(NC(=O)N(C)Cc2sccc2C)cn1. The van der Waals surface area contributed by atoms with E-state index in [1.54, 1.807) is 48.7 Å². The van der Waals surface area contributed by atoms with E-state index in [-0.39, 0.29) is 6.03 Å². The number of pyridine rings is 1. The number of amides is 2. The van der Waals surface area contributed by atoms with Gasteiger partial charge in [0.25, 0.3) is 0 Å². The maximum Gasteiger partial charge on any atom is 0.321 e. The average Bonchev–Trinajstić information content (AvgIpc) is 2.85. The molecule has 0 bridgehead atoms. The van der Waals surface area contributed by atoms with Gasteiger partial charge in [0, 0.05) is 18.0 Å². The van der Waals surface area contributed by atoms with Crippen LogP contribution in [0.2, 0.25) is 0 Å². The number of nitrogens with one attached hydrogen (secondary N) is 1. The first kappa shape index (κ1) is 14.3. The van der Waals surface area contributed by atoms with Gasteiger partial charge in [-0.25, -0.2) is 9.78 Å². The zero-order chi connectivity index (χ0) is 14.5. The van der Waals surface area contributed by atoms with Crippen molar-refractivity contribution in [2.24, 2.45) is 0 Å². The number of urea groups is 1. The van der Waals surface area contributed by atoms with Crippen molar-refractivity contribution < 1.29 is 9.53 Å². The van der Waals surface area contributed by atoms with E-state index in [0.29, 0.717) is 18.1 Å². The molecule has 0 aliphatic rings. The smallest absolute Gasteiger partial charge is 0.321 e. The first-order valence-corrected chi connectivity index (χ1v) is 7.03. The van der Waals surface area contributed by atoms with Gasteiger partial charge in [-0.2, -0.15) is 0 Å². The maximum atomic E-state index is 12.1. The summed E-state index contributed by atoms with van der Waals surface area (Å²) in [5.74, 6) is 0.519. The van der Waals surface area contributed by atoms with Crippen molar-refractivity contribution in [1.82, 2.24) is 9.88 Å². The van der Waals surface area contributed by atoms with E-state index in [9.17, 15) is 4.79 Å². The molecule has 5 nitrogen and oxygen atoms in total. The minimum Gasteiger partial charge on any atom is -0.481 e. The molecule has 2 heterocycles. The van der Waals surface area contributed by atoms with Gasteiger partial charge in [-0.15, -0.1) is 11.3 Å². The molecule has 0 saturated heterocycles. The second kappa shape index (κ2) is 6.38. The second-order valence-corrected chi connectivity index (χ2v) is 5.40. The molecule has 2 aromatic rings. The third kappa shape index (κ3) is 3.48. The van der Waals surface area contributed by atoms with Crippen molar-refractivity contribution in [2.75, 3.05) is 19.5 Å². The van der Waals surface area contributed by atoms with Gasteiger partial charge in [-0.3, -0.25) is 0 Å². The molecule has 0 aliphatic heterocycles. The first-order chi connectivity index (χ1) is 9.60. The normalized spacial score (nSPS) is 10.2. The number of thiophene rings is 1. The molecule has 0 aromatic carbocycles. The Hall–Kier alpha value is -2.08. The second-order valence-electron chi connectivity index (χ2n) is 4.40. The van der Waals surface area contributed by atoms with Crippen LogP contribution < -0.4 is 10.1 Å². The van der Waals surface area contributed by atoms with E-state index in [1.165, 1.54) is 10.4 Å². The van der Waals surface area contributed by atoms with Crippen LogP contribution in [0, 0.1) is 6.92 Å². The van der Waals surface area contributed by atoms with Gasteiger partial charge in [0.05, 0.1) is 25.5 Å². The summed E-state index contributed by atoms with van der Waals surface area (Å²) in [4.78, 5) is 18.9. The molecular weight excluding hydrogens is 274 g/mol. The molecule has 2 aromatic heterocycles. The zero-order valence-corrected chi connectivity index (χ0v) is 12.5. The molecule has 0 aliphatic carbocycles. The minimum absolute atomic E-state index is 0.162. The summed E-state index contributed by atoms with van der Waals surface area (Å²) < 4.78 is 4.97. The standard InChI is InChI=1S/C14H17N3O2S/c1-10-6-7-20-12(10)9-17(2)14(18)16-11-4-5-13(19-3)15-8-11/h4-8H,9H2,1-3H3,(H,16,18). The molecule has 0 radical (unpaired) electrons. The molecule has 0 spiro atoms. The third-order valence-corrected chi connectivity index (χ3v) is 3.90. The fourth-order valence-electron chi connectivity index (χ4n) is 1.65. The molecule has 0 fully saturated rings. The lowest BCUT2D eigenvalue weighted by atomic mass is 10.3. The summed E-state index contributed by atoms with van der Waals surface area (Å²) in [6.45, 7) is 2.64. The van der Waals surface area contributed by atoms with Crippen LogP contribution in [0.15, 0.2) is 29.8 Å². The first-order valence-electron chi connectivity index (χ1n) is 6.15. The summed E-state index contributed by atoms with van der Waals surface area (Å²) >= 11 is 1.66. The Labute approximate surface area is 122 Å². The molecule has 20 heavy (non-hydrogen) atoms. The summed E-state index contributed by atoms with van der Waals surface area (Å²) in [6.07, 6.45) is 1.57. The van der Waals surface area contributed by atoms with E-state index in [1.807, 2.05) is 12.3 Å². The number of hydrogen-bond acceptors (Lipinski definition) is 4. The minimum atomic E-state index is -0.162. The van der Waals surface area contributed by atoms with Crippen LogP contribution in [0.4, 0.5) is 10.5 Å². The molecule has 0 saturated carbocycles. The highest BCUT2D eigenvalue weighted by Gasteiger charge is 2.11. The number of aryl methyl sites for hydroxylation is 1. The number of anilines is 1. The number of carbonyl (C=O) groups is 1. The Morgan fingerprint density at radius 3 is 2.80 bits per heavy atom. The monoisotopic (exact) mass is 291 g/mol. The Morgan fingerprint density at radius 2 is 2.25 bits per heavy atom. The van der Waals surface area contributed by atoms with Gasteiger partial charge < -0.3 is 15.0 Å². The van der Waals surface area contributed by atoms with Gasteiger partial charge in [0.15, 0.2) is 0 Å². The quantitative estimate of drug-likeness (QED) is 0.941. The lowest BCUT2D eigenvalue weighted by Gasteiger charge is -2.17. The number of aromatic nitrogens is 1. The lowest BCUT2D eigenvalue weighted by Crippen LogP contribution is -2.30. The molecule has 106 valence electrons. The van der Waals surface area contributed by atoms with E-state index in [4.69, 9.17) is 4.74 Å². The Kier molecular flexibility index (Phi) is 4.57. The van der Waals surface area contributed by atoms with Crippen molar-refractivity contribution in [3.63, 3.8) is 0 Å². The van der Waals surface area contributed by atoms with Crippen molar-refractivity contribution in [1.29, 1.82) is 0 Å². The van der Waals surface area contributed by atoms with E-state index in [2.05, 4.69) is 16.4 Å². The van der Waals surface area contributed by atoms with E-state index in [0.717, 1.165) is 0 Å². The number of methoxy groups -OCH3 is 1. The Morgan fingerprint density at radius 1 is 1.45 bits per heavy atom. The Balaban J connectivity index is 1.95. The van der Waals surface area contributed by atoms with Gasteiger partial charge >= 0.3 is 6.03 Å². The number of hydrogen-bond donors (Lipinski definition) is 1. The number of nitrogens with zero attached hydrogens (tertiary/aromatic N) is 2. The van der Waals surface area contributed by atoms with Gasteiger partial charge in [0.2, 0.25) is 5.88 Å². The Bertz CT molecular complexity index is 580. The summed E-state index contributed by atoms with van der Waals surface area (Å²) in [5, 5.41) is 4.83. The van der Waals surface area contributed by atoms with Gasteiger partial charge in [-0.05, 0) is 30.0 Å². The van der Waals surface area contributed by atoms with Crippen LogP contribution in [0.5, 0.6) is 5.88 Å². The summed E-state index contributed by atoms with van der Waals surface area (Å²) in [5.41, 5.74) is 1.85. The highest BCUT2D eigenvalue weighted by molar-refractivity contribution is 7.10. The fourth-order valence-corrected chi connectivity index (χ4v) is 2.61. The molecule has 2 amide bonds. The highest BCUT2D eigenvalue weighted by Crippen LogP contribution is 2.18. The van der Waals surface area contributed by atoms with Crippen LogP contribution in [0.25, 0.3) is 0 Å². The zero-order valence-electron chi connectivity index (χ0n) is 11.7. The third-order valence-electron chi connectivity index (χ3n) is 2.89.